The van der Waals surface area contributed by atoms with Crippen LogP contribution in [0.5, 0.6) is 5.75 Å². The molecule has 0 aliphatic rings. The summed E-state index contributed by atoms with van der Waals surface area (Å²) < 4.78 is 32.4. The largest absolute Gasteiger partial charge is 0.423 e. The number of unbranched alkanes of at least 4 members (excludes halogenated alkanes) is 4. The smallest absolute Gasteiger partial charge is 0.343 e. The Labute approximate surface area is 164 Å². The number of rotatable bonds is 8. The Morgan fingerprint density at radius 1 is 0.893 bits per heavy atom. The molecule has 0 aromatic heterocycles. The molecule has 0 amide bonds. The number of hydrogen-bond acceptors (Lipinski definition) is 2. The fraction of sp³-hybridized carbons (Fsp3) is 0.292. The maximum Gasteiger partial charge on any atom is 0.343 e. The number of carbonyl (C=O) groups excluding carboxylic acids is 1. The Morgan fingerprint density at radius 3 is 2.39 bits per heavy atom. The van der Waals surface area contributed by atoms with E-state index in [1.807, 2.05) is 12.1 Å². The van der Waals surface area contributed by atoms with Gasteiger partial charge in [-0.1, -0.05) is 50.8 Å². The molecule has 0 unspecified atom stereocenters. The Balaban J connectivity index is 1.61. The van der Waals surface area contributed by atoms with E-state index in [0.29, 0.717) is 16.7 Å². The topological polar surface area (TPSA) is 26.3 Å². The van der Waals surface area contributed by atoms with Crippen LogP contribution in [0, 0.1) is 11.6 Å². The summed E-state index contributed by atoms with van der Waals surface area (Å²) in [6, 6.07) is 14.4. The molecule has 3 rings (SSSR count). The van der Waals surface area contributed by atoms with Gasteiger partial charge in [0.25, 0.3) is 0 Å². The predicted octanol–water partition coefficient (Wildman–Crippen LogP) is 6.85. The summed E-state index contributed by atoms with van der Waals surface area (Å²) in [5.74, 6) is -1.98. The lowest BCUT2D eigenvalue weighted by Gasteiger charge is -2.07. The number of benzene rings is 3. The van der Waals surface area contributed by atoms with Crippen LogP contribution in [-0.2, 0) is 6.42 Å². The molecule has 0 N–H and O–H groups in total. The third-order valence-corrected chi connectivity index (χ3v) is 4.85. The van der Waals surface area contributed by atoms with E-state index in [1.165, 1.54) is 55.5 Å². The van der Waals surface area contributed by atoms with Crippen LogP contribution in [0.3, 0.4) is 0 Å². The number of aryl methyl sites for hydroxylation is 1. The van der Waals surface area contributed by atoms with E-state index < -0.39 is 17.6 Å². The SMILES string of the molecule is CCCCCCCc1ccc(C(=O)Oc2ccc3c(F)c(F)ccc3c2)cc1. The van der Waals surface area contributed by atoms with Crippen molar-refractivity contribution >= 4 is 16.7 Å². The Morgan fingerprint density at radius 2 is 1.64 bits per heavy atom. The molecule has 0 spiro atoms. The third-order valence-electron chi connectivity index (χ3n) is 4.85. The van der Waals surface area contributed by atoms with E-state index in [2.05, 4.69) is 6.92 Å². The van der Waals surface area contributed by atoms with E-state index in [9.17, 15) is 13.6 Å². The van der Waals surface area contributed by atoms with Crippen molar-refractivity contribution in [3.05, 3.63) is 77.4 Å². The number of fused-ring (bicyclic) bond motifs is 1. The zero-order valence-electron chi connectivity index (χ0n) is 16.0. The minimum Gasteiger partial charge on any atom is -0.423 e. The van der Waals surface area contributed by atoms with Gasteiger partial charge >= 0.3 is 5.97 Å². The lowest BCUT2D eigenvalue weighted by Crippen LogP contribution is -2.08. The van der Waals surface area contributed by atoms with Gasteiger partial charge < -0.3 is 4.74 Å². The number of hydrogen-bond donors (Lipinski definition) is 0. The highest BCUT2D eigenvalue weighted by Crippen LogP contribution is 2.25. The molecule has 0 saturated carbocycles. The highest BCUT2D eigenvalue weighted by Gasteiger charge is 2.11. The summed E-state index contributed by atoms with van der Waals surface area (Å²) in [4.78, 5) is 12.4. The standard InChI is InChI=1S/C24H24F2O2/c1-2-3-4-5-6-7-17-8-10-18(11-9-17)24(27)28-20-13-14-21-19(16-20)12-15-22(25)23(21)26/h8-16H,2-7H2,1H3. The maximum atomic E-state index is 13.8. The lowest BCUT2D eigenvalue weighted by atomic mass is 10.0. The number of esters is 1. The van der Waals surface area contributed by atoms with Crippen LogP contribution >= 0.6 is 0 Å². The van der Waals surface area contributed by atoms with Crippen LogP contribution in [0.15, 0.2) is 54.6 Å². The summed E-state index contributed by atoms with van der Waals surface area (Å²) >= 11 is 0. The quantitative estimate of drug-likeness (QED) is 0.242. The minimum absolute atomic E-state index is 0.156. The highest BCUT2D eigenvalue weighted by molar-refractivity contribution is 5.92. The molecule has 0 radical (unpaired) electrons. The van der Waals surface area contributed by atoms with Gasteiger partial charge in [0.15, 0.2) is 11.6 Å². The second-order valence-electron chi connectivity index (χ2n) is 6.99. The van der Waals surface area contributed by atoms with Crippen molar-refractivity contribution in [1.82, 2.24) is 0 Å². The van der Waals surface area contributed by atoms with Crippen LogP contribution < -0.4 is 4.74 Å². The fourth-order valence-corrected chi connectivity index (χ4v) is 3.21. The molecule has 3 aromatic rings. The minimum atomic E-state index is -0.902. The van der Waals surface area contributed by atoms with Crippen molar-refractivity contribution in [3.63, 3.8) is 0 Å². The summed E-state index contributed by atoms with van der Waals surface area (Å²) in [5, 5.41) is 0.630. The van der Waals surface area contributed by atoms with Crippen molar-refractivity contribution in [2.45, 2.75) is 45.4 Å². The van der Waals surface area contributed by atoms with Gasteiger partial charge in [-0.3, -0.25) is 0 Å². The fourth-order valence-electron chi connectivity index (χ4n) is 3.21. The molecule has 0 saturated heterocycles. The maximum absolute atomic E-state index is 13.8. The normalized spacial score (nSPS) is 11.0. The van der Waals surface area contributed by atoms with E-state index in [0.717, 1.165) is 18.9 Å². The van der Waals surface area contributed by atoms with Crippen LogP contribution in [-0.4, -0.2) is 5.97 Å². The zero-order valence-corrected chi connectivity index (χ0v) is 16.0. The van der Waals surface area contributed by atoms with Crippen LogP contribution in [0.25, 0.3) is 10.8 Å². The molecule has 3 aromatic carbocycles. The monoisotopic (exact) mass is 382 g/mol. The number of halogens is 2. The molecule has 4 heteroatoms. The number of carbonyl (C=O) groups is 1. The molecule has 28 heavy (non-hydrogen) atoms. The first-order valence-electron chi connectivity index (χ1n) is 9.77. The second-order valence-corrected chi connectivity index (χ2v) is 6.99. The molecule has 2 nitrogen and oxygen atoms in total. The Bertz CT molecular complexity index is 949. The van der Waals surface area contributed by atoms with Gasteiger partial charge in [0, 0.05) is 5.39 Å². The molecule has 0 atom stereocenters. The van der Waals surface area contributed by atoms with Crippen molar-refractivity contribution in [2.75, 3.05) is 0 Å². The van der Waals surface area contributed by atoms with Crippen molar-refractivity contribution in [3.8, 4) is 5.75 Å². The van der Waals surface area contributed by atoms with Gasteiger partial charge in [-0.15, -0.1) is 0 Å². The Hall–Kier alpha value is -2.75. The summed E-state index contributed by atoms with van der Waals surface area (Å²) in [7, 11) is 0. The van der Waals surface area contributed by atoms with Crippen LogP contribution in [0.1, 0.15) is 54.9 Å². The molecule has 0 bridgehead atoms. The first-order valence-corrected chi connectivity index (χ1v) is 9.77. The molecular formula is C24H24F2O2. The number of ether oxygens (including phenoxy) is 1. The van der Waals surface area contributed by atoms with Gasteiger partial charge in [0.2, 0.25) is 0 Å². The average Bonchev–Trinajstić information content (AvgIpc) is 2.71. The van der Waals surface area contributed by atoms with Gasteiger partial charge in [-0.05, 0) is 60.2 Å². The third kappa shape index (κ3) is 4.94. The zero-order chi connectivity index (χ0) is 19.9. The molecule has 0 aliphatic carbocycles. The molecule has 0 fully saturated rings. The lowest BCUT2D eigenvalue weighted by molar-refractivity contribution is 0.0735. The summed E-state index contributed by atoms with van der Waals surface area (Å²) in [6.45, 7) is 2.20. The van der Waals surface area contributed by atoms with E-state index in [1.54, 1.807) is 12.1 Å². The average molecular weight is 382 g/mol. The van der Waals surface area contributed by atoms with E-state index in [-0.39, 0.29) is 5.39 Å². The van der Waals surface area contributed by atoms with Gasteiger partial charge in [-0.25, -0.2) is 13.6 Å². The first-order chi connectivity index (χ1) is 13.6. The Kier molecular flexibility index (Phi) is 6.75. The van der Waals surface area contributed by atoms with Crippen molar-refractivity contribution < 1.29 is 18.3 Å². The summed E-state index contributed by atoms with van der Waals surface area (Å²) in [6.07, 6.45) is 7.16. The molecule has 146 valence electrons. The molecular weight excluding hydrogens is 358 g/mol. The van der Waals surface area contributed by atoms with E-state index in [4.69, 9.17) is 4.74 Å². The van der Waals surface area contributed by atoms with Crippen LogP contribution in [0.4, 0.5) is 8.78 Å². The van der Waals surface area contributed by atoms with Gasteiger partial charge in [-0.2, -0.15) is 0 Å². The molecule has 0 heterocycles. The van der Waals surface area contributed by atoms with Crippen molar-refractivity contribution in [2.24, 2.45) is 0 Å². The van der Waals surface area contributed by atoms with Gasteiger partial charge in [0.1, 0.15) is 5.75 Å². The van der Waals surface area contributed by atoms with Crippen molar-refractivity contribution in [1.29, 1.82) is 0 Å². The van der Waals surface area contributed by atoms with Crippen LogP contribution in [0.2, 0.25) is 0 Å². The second kappa shape index (κ2) is 9.45. The first kappa shape index (κ1) is 20.0. The molecule has 0 aliphatic heterocycles. The highest BCUT2D eigenvalue weighted by atomic mass is 19.2. The van der Waals surface area contributed by atoms with E-state index >= 15 is 0 Å². The predicted molar refractivity (Wildman–Crippen MR) is 108 cm³/mol. The summed E-state index contributed by atoms with van der Waals surface area (Å²) in [5.41, 5.74) is 1.66. The van der Waals surface area contributed by atoms with Gasteiger partial charge in [0.05, 0.1) is 5.56 Å².